The lowest BCUT2D eigenvalue weighted by atomic mass is 9.93. The van der Waals surface area contributed by atoms with Crippen molar-refractivity contribution in [2.75, 3.05) is 7.05 Å². The van der Waals surface area contributed by atoms with Crippen molar-refractivity contribution >= 4 is 11.3 Å². The predicted molar refractivity (Wildman–Crippen MR) is 92.2 cm³/mol. The van der Waals surface area contributed by atoms with Gasteiger partial charge in [0.15, 0.2) is 0 Å². The van der Waals surface area contributed by atoms with E-state index in [-0.39, 0.29) is 5.41 Å². The van der Waals surface area contributed by atoms with Gasteiger partial charge in [0.05, 0.1) is 10.7 Å². The highest BCUT2D eigenvalue weighted by Crippen LogP contribution is 2.27. The second kappa shape index (κ2) is 6.29. The van der Waals surface area contributed by atoms with Gasteiger partial charge in [0.25, 0.3) is 0 Å². The van der Waals surface area contributed by atoms with E-state index in [1.807, 2.05) is 7.05 Å². The third kappa shape index (κ3) is 3.92. The van der Waals surface area contributed by atoms with E-state index in [1.165, 1.54) is 27.4 Å². The average Bonchev–Trinajstić information content (AvgIpc) is 2.85. The Hall–Kier alpha value is -1.19. The van der Waals surface area contributed by atoms with Crippen LogP contribution in [-0.4, -0.2) is 12.0 Å². The third-order valence-corrected chi connectivity index (χ3v) is 4.72. The Morgan fingerprint density at radius 3 is 2.48 bits per heavy atom. The predicted octanol–water partition coefficient (Wildman–Crippen LogP) is 4.56. The van der Waals surface area contributed by atoms with Gasteiger partial charge in [-0.3, -0.25) is 0 Å². The molecule has 0 saturated heterocycles. The highest BCUT2D eigenvalue weighted by Gasteiger charge is 2.19. The van der Waals surface area contributed by atoms with Crippen LogP contribution in [0.25, 0.3) is 0 Å². The number of likely N-dealkylation sites (N-methyl/N-ethyl adjacent to an activating group) is 1. The molecule has 0 saturated carbocycles. The normalized spacial score (nSPS) is 13.4. The van der Waals surface area contributed by atoms with Crippen molar-refractivity contribution in [3.63, 3.8) is 0 Å². The molecule has 1 heterocycles. The van der Waals surface area contributed by atoms with Crippen LogP contribution in [0.3, 0.4) is 0 Å². The summed E-state index contributed by atoms with van der Waals surface area (Å²) in [5, 5.41) is 6.85. The fourth-order valence-electron chi connectivity index (χ4n) is 2.51. The highest BCUT2D eigenvalue weighted by molar-refractivity contribution is 7.09. The number of hydrogen-bond acceptors (Lipinski definition) is 3. The number of nitrogens with one attached hydrogen (secondary N) is 1. The zero-order valence-electron chi connectivity index (χ0n) is 13.9. The number of benzene rings is 1. The molecule has 0 fully saturated rings. The number of thiazole rings is 1. The van der Waals surface area contributed by atoms with Crippen LogP contribution in [0.15, 0.2) is 23.6 Å². The van der Waals surface area contributed by atoms with Crippen molar-refractivity contribution in [2.24, 2.45) is 0 Å². The number of rotatable bonds is 4. The van der Waals surface area contributed by atoms with E-state index in [1.54, 1.807) is 11.3 Å². The molecule has 0 aliphatic rings. The molecule has 114 valence electrons. The Labute approximate surface area is 132 Å². The molecule has 2 nitrogen and oxygen atoms in total. The first-order valence-corrected chi connectivity index (χ1v) is 8.38. The van der Waals surface area contributed by atoms with Crippen molar-refractivity contribution in [1.29, 1.82) is 0 Å². The van der Waals surface area contributed by atoms with E-state index in [0.717, 1.165) is 6.42 Å². The highest BCUT2D eigenvalue weighted by atomic mass is 32.1. The Morgan fingerprint density at radius 1 is 1.24 bits per heavy atom. The fourth-order valence-corrected chi connectivity index (χ4v) is 3.58. The molecule has 0 spiro atoms. The molecule has 1 aromatic carbocycles. The van der Waals surface area contributed by atoms with E-state index in [4.69, 9.17) is 4.98 Å². The third-order valence-electron chi connectivity index (χ3n) is 3.85. The fraction of sp³-hybridized carbons (Fsp3) is 0.500. The van der Waals surface area contributed by atoms with Crippen LogP contribution in [0, 0.1) is 13.8 Å². The molecule has 1 N–H and O–H groups in total. The van der Waals surface area contributed by atoms with Crippen molar-refractivity contribution in [3.8, 4) is 0 Å². The minimum absolute atomic E-state index is 0.129. The molecule has 1 unspecified atom stereocenters. The van der Waals surface area contributed by atoms with Gasteiger partial charge in [-0.25, -0.2) is 4.98 Å². The van der Waals surface area contributed by atoms with E-state index in [9.17, 15) is 0 Å². The monoisotopic (exact) mass is 302 g/mol. The molecule has 0 aliphatic carbocycles. The molecular formula is C18H26N2S. The van der Waals surface area contributed by atoms with Crippen LogP contribution in [0.4, 0.5) is 0 Å². The minimum Gasteiger partial charge on any atom is -0.313 e. The maximum Gasteiger partial charge on any atom is 0.0947 e. The topological polar surface area (TPSA) is 24.9 Å². The quantitative estimate of drug-likeness (QED) is 0.895. The number of hydrogen-bond donors (Lipinski definition) is 1. The van der Waals surface area contributed by atoms with Gasteiger partial charge in [0.2, 0.25) is 0 Å². The van der Waals surface area contributed by atoms with Gasteiger partial charge in [-0.15, -0.1) is 11.3 Å². The number of aryl methyl sites for hydroxylation is 2. The summed E-state index contributed by atoms with van der Waals surface area (Å²) in [7, 11) is 2.03. The Balaban J connectivity index is 2.21. The Bertz CT molecular complexity index is 608. The van der Waals surface area contributed by atoms with Crippen LogP contribution in [0.1, 0.15) is 54.2 Å². The van der Waals surface area contributed by atoms with Crippen LogP contribution in [0.2, 0.25) is 0 Å². The largest absolute Gasteiger partial charge is 0.313 e. The summed E-state index contributed by atoms with van der Waals surface area (Å²) in [5.74, 6) is 0. The van der Waals surface area contributed by atoms with Crippen LogP contribution in [0.5, 0.6) is 0 Å². The molecule has 0 bridgehead atoms. The molecule has 21 heavy (non-hydrogen) atoms. The average molecular weight is 302 g/mol. The molecule has 2 rings (SSSR count). The van der Waals surface area contributed by atoms with Crippen molar-refractivity contribution in [2.45, 2.75) is 52.5 Å². The van der Waals surface area contributed by atoms with Gasteiger partial charge >= 0.3 is 0 Å². The van der Waals surface area contributed by atoms with Crippen LogP contribution in [-0.2, 0) is 11.8 Å². The zero-order chi connectivity index (χ0) is 15.6. The molecule has 0 radical (unpaired) electrons. The van der Waals surface area contributed by atoms with Crippen molar-refractivity contribution in [1.82, 2.24) is 10.3 Å². The van der Waals surface area contributed by atoms with E-state index in [0.29, 0.717) is 6.04 Å². The maximum absolute atomic E-state index is 4.82. The van der Waals surface area contributed by atoms with Crippen molar-refractivity contribution in [3.05, 3.63) is 51.0 Å². The molecular weight excluding hydrogens is 276 g/mol. The van der Waals surface area contributed by atoms with Gasteiger partial charge in [-0.2, -0.15) is 0 Å². The maximum atomic E-state index is 4.82. The van der Waals surface area contributed by atoms with Gasteiger partial charge in [0.1, 0.15) is 0 Å². The Morgan fingerprint density at radius 2 is 1.95 bits per heavy atom. The van der Waals surface area contributed by atoms with E-state index >= 15 is 0 Å². The Kier molecular flexibility index (Phi) is 4.84. The van der Waals surface area contributed by atoms with Crippen LogP contribution >= 0.6 is 11.3 Å². The first kappa shape index (κ1) is 16.2. The van der Waals surface area contributed by atoms with Gasteiger partial charge in [-0.1, -0.05) is 44.5 Å². The lowest BCUT2D eigenvalue weighted by Gasteiger charge is -2.18. The second-order valence-electron chi connectivity index (χ2n) is 6.78. The summed E-state index contributed by atoms with van der Waals surface area (Å²) >= 11 is 1.77. The molecule has 2 aromatic rings. The SMILES string of the molecule is CNC(Cc1nc(C(C)(C)C)cs1)c1ccc(C)cc1C. The van der Waals surface area contributed by atoms with E-state index in [2.05, 4.69) is 63.5 Å². The number of aromatic nitrogens is 1. The molecule has 3 heteroatoms. The summed E-state index contributed by atoms with van der Waals surface area (Å²) in [4.78, 5) is 4.82. The first-order chi connectivity index (χ1) is 9.81. The standard InChI is InChI=1S/C18H26N2S/c1-12-7-8-14(13(2)9-12)15(19-6)10-17-20-16(11-21-17)18(3,4)5/h7-9,11,15,19H,10H2,1-6H3. The minimum atomic E-state index is 0.129. The molecule has 0 aliphatic heterocycles. The molecule has 0 amide bonds. The summed E-state index contributed by atoms with van der Waals surface area (Å²) < 4.78 is 0. The van der Waals surface area contributed by atoms with Gasteiger partial charge in [-0.05, 0) is 32.0 Å². The van der Waals surface area contributed by atoms with Gasteiger partial charge < -0.3 is 5.32 Å². The summed E-state index contributed by atoms with van der Waals surface area (Å²) in [6.07, 6.45) is 0.946. The summed E-state index contributed by atoms with van der Waals surface area (Å²) in [6, 6.07) is 7.01. The smallest absolute Gasteiger partial charge is 0.0947 e. The van der Waals surface area contributed by atoms with Crippen LogP contribution < -0.4 is 5.32 Å². The van der Waals surface area contributed by atoms with E-state index < -0.39 is 0 Å². The molecule has 1 atom stereocenters. The second-order valence-corrected chi connectivity index (χ2v) is 7.72. The molecule has 1 aromatic heterocycles. The number of nitrogens with zero attached hydrogens (tertiary/aromatic N) is 1. The lowest BCUT2D eigenvalue weighted by Crippen LogP contribution is -2.20. The first-order valence-electron chi connectivity index (χ1n) is 7.50. The summed E-state index contributed by atoms with van der Waals surface area (Å²) in [6.45, 7) is 11.0. The summed E-state index contributed by atoms with van der Waals surface area (Å²) in [5.41, 5.74) is 5.36. The van der Waals surface area contributed by atoms with Crippen molar-refractivity contribution < 1.29 is 0 Å². The van der Waals surface area contributed by atoms with Gasteiger partial charge in [0, 0.05) is 23.3 Å². The lowest BCUT2D eigenvalue weighted by molar-refractivity contribution is 0.559. The zero-order valence-corrected chi connectivity index (χ0v) is 14.8.